The van der Waals surface area contributed by atoms with Gasteiger partial charge in [-0.25, -0.2) is 4.39 Å². The van der Waals surface area contributed by atoms with Crippen molar-refractivity contribution in [1.29, 1.82) is 0 Å². The van der Waals surface area contributed by atoms with E-state index in [1.165, 1.54) is 28.3 Å². The molecule has 0 bridgehead atoms. The number of halogens is 2. The average molecular weight is 336 g/mol. The van der Waals surface area contributed by atoms with E-state index < -0.39 is 0 Å². The lowest BCUT2D eigenvalue weighted by molar-refractivity contribution is 0.621. The summed E-state index contributed by atoms with van der Waals surface area (Å²) in [6.45, 7) is 8.50. The Hall–Kier alpha value is -1.35. The van der Waals surface area contributed by atoms with E-state index in [1.54, 1.807) is 12.1 Å². The maximum Gasteiger partial charge on any atom is 0.137 e. The van der Waals surface area contributed by atoms with Gasteiger partial charge < -0.3 is 5.32 Å². The molecule has 0 saturated heterocycles. The molecular formula is C17H19BrFN. The van der Waals surface area contributed by atoms with Crippen LogP contribution in [0.25, 0.3) is 0 Å². The maximum absolute atomic E-state index is 13.3. The van der Waals surface area contributed by atoms with Crippen molar-refractivity contribution in [3.05, 3.63) is 62.9 Å². The van der Waals surface area contributed by atoms with E-state index >= 15 is 0 Å². The van der Waals surface area contributed by atoms with Crippen LogP contribution in [0.3, 0.4) is 0 Å². The van der Waals surface area contributed by atoms with Gasteiger partial charge in [0.15, 0.2) is 0 Å². The van der Waals surface area contributed by atoms with Crippen LogP contribution in [-0.4, -0.2) is 0 Å². The van der Waals surface area contributed by atoms with E-state index in [0.717, 1.165) is 5.69 Å². The zero-order valence-corrected chi connectivity index (χ0v) is 13.8. The van der Waals surface area contributed by atoms with E-state index in [-0.39, 0.29) is 11.9 Å². The molecule has 1 nitrogen and oxygen atoms in total. The van der Waals surface area contributed by atoms with Gasteiger partial charge in [-0.05, 0) is 78.5 Å². The van der Waals surface area contributed by atoms with E-state index in [2.05, 4.69) is 61.1 Å². The van der Waals surface area contributed by atoms with Crippen molar-refractivity contribution in [3.8, 4) is 0 Å². The molecule has 0 spiro atoms. The fourth-order valence-corrected chi connectivity index (χ4v) is 3.16. The van der Waals surface area contributed by atoms with Gasteiger partial charge in [0, 0.05) is 11.7 Å². The minimum atomic E-state index is -0.245. The summed E-state index contributed by atoms with van der Waals surface area (Å²) < 4.78 is 13.7. The van der Waals surface area contributed by atoms with Crippen LogP contribution in [-0.2, 0) is 0 Å². The predicted octanol–water partition coefficient (Wildman–Crippen LogP) is 5.69. The molecule has 1 atom stereocenters. The summed E-state index contributed by atoms with van der Waals surface area (Å²) in [5, 5.41) is 3.43. The van der Waals surface area contributed by atoms with Crippen molar-refractivity contribution in [2.24, 2.45) is 0 Å². The molecule has 0 saturated carbocycles. The number of anilines is 1. The van der Waals surface area contributed by atoms with Gasteiger partial charge in [-0.2, -0.15) is 0 Å². The fraction of sp³-hybridized carbons (Fsp3) is 0.294. The number of nitrogens with one attached hydrogen (secondary N) is 1. The zero-order chi connectivity index (χ0) is 14.9. The van der Waals surface area contributed by atoms with Crippen molar-refractivity contribution < 1.29 is 4.39 Å². The molecule has 3 heteroatoms. The summed E-state index contributed by atoms with van der Waals surface area (Å²) in [6.07, 6.45) is 0. The van der Waals surface area contributed by atoms with Crippen LogP contribution in [0.1, 0.15) is 35.2 Å². The van der Waals surface area contributed by atoms with Crippen molar-refractivity contribution in [1.82, 2.24) is 0 Å². The molecule has 0 fully saturated rings. The van der Waals surface area contributed by atoms with Gasteiger partial charge >= 0.3 is 0 Å². The molecule has 106 valence electrons. The van der Waals surface area contributed by atoms with Crippen molar-refractivity contribution in [2.45, 2.75) is 33.7 Å². The number of hydrogen-bond donors (Lipinski definition) is 1. The second-order valence-corrected chi connectivity index (χ2v) is 6.16. The van der Waals surface area contributed by atoms with Gasteiger partial charge in [-0.1, -0.05) is 17.7 Å². The molecule has 0 amide bonds. The molecule has 1 unspecified atom stereocenters. The second kappa shape index (κ2) is 5.96. The number of hydrogen-bond acceptors (Lipinski definition) is 1. The quantitative estimate of drug-likeness (QED) is 0.760. The third kappa shape index (κ3) is 3.21. The first-order valence-corrected chi connectivity index (χ1v) is 7.47. The highest BCUT2D eigenvalue weighted by Gasteiger charge is 2.12. The Bertz CT molecular complexity index is 614. The van der Waals surface area contributed by atoms with Gasteiger partial charge in [0.05, 0.1) is 4.47 Å². The summed E-state index contributed by atoms with van der Waals surface area (Å²) in [4.78, 5) is 0. The normalized spacial score (nSPS) is 12.3. The number of rotatable bonds is 3. The Balaban J connectivity index is 2.28. The van der Waals surface area contributed by atoms with Gasteiger partial charge in [-0.15, -0.1) is 0 Å². The second-order valence-electron chi connectivity index (χ2n) is 5.31. The highest BCUT2D eigenvalue weighted by atomic mass is 79.9. The predicted molar refractivity (Wildman–Crippen MR) is 86.8 cm³/mol. The molecule has 2 aromatic carbocycles. The van der Waals surface area contributed by atoms with Crippen molar-refractivity contribution in [3.63, 3.8) is 0 Å². The third-order valence-electron chi connectivity index (χ3n) is 3.47. The first-order chi connectivity index (χ1) is 9.38. The highest BCUT2D eigenvalue weighted by Crippen LogP contribution is 2.28. The van der Waals surface area contributed by atoms with Gasteiger partial charge in [0.2, 0.25) is 0 Å². The van der Waals surface area contributed by atoms with Crippen LogP contribution in [0.4, 0.5) is 10.1 Å². The fourth-order valence-electron chi connectivity index (χ4n) is 2.78. The van der Waals surface area contributed by atoms with Gasteiger partial charge in [-0.3, -0.25) is 0 Å². The number of benzene rings is 2. The summed E-state index contributed by atoms with van der Waals surface area (Å²) >= 11 is 3.22. The molecule has 0 aliphatic rings. The molecule has 0 radical (unpaired) electrons. The lowest BCUT2D eigenvalue weighted by atomic mass is 9.95. The Labute approximate surface area is 128 Å². The molecule has 20 heavy (non-hydrogen) atoms. The molecule has 0 aliphatic carbocycles. The summed E-state index contributed by atoms with van der Waals surface area (Å²) in [5.41, 5.74) is 6.05. The standard InChI is InChI=1S/C17H19BrFN/c1-10-7-11(2)17(12(3)8-10)13(4)20-14-5-6-16(19)15(18)9-14/h5-9,13,20H,1-4H3. The van der Waals surface area contributed by atoms with Crippen LogP contribution < -0.4 is 5.32 Å². The van der Waals surface area contributed by atoms with Crippen LogP contribution in [0.2, 0.25) is 0 Å². The molecule has 0 heterocycles. The van der Waals surface area contributed by atoms with E-state index in [4.69, 9.17) is 0 Å². The summed E-state index contributed by atoms with van der Waals surface area (Å²) in [5.74, 6) is -0.245. The maximum atomic E-state index is 13.3. The number of aryl methyl sites for hydroxylation is 3. The molecule has 2 aromatic rings. The van der Waals surface area contributed by atoms with Gasteiger partial charge in [0.25, 0.3) is 0 Å². The Kier molecular flexibility index (Phi) is 4.48. The van der Waals surface area contributed by atoms with E-state index in [0.29, 0.717) is 4.47 Å². The van der Waals surface area contributed by atoms with Crippen LogP contribution in [0, 0.1) is 26.6 Å². The minimum Gasteiger partial charge on any atom is -0.378 e. The lowest BCUT2D eigenvalue weighted by Gasteiger charge is -2.21. The Morgan fingerprint density at radius 1 is 1.05 bits per heavy atom. The monoisotopic (exact) mass is 335 g/mol. The van der Waals surface area contributed by atoms with Gasteiger partial charge in [0.1, 0.15) is 5.82 Å². The molecule has 0 aromatic heterocycles. The highest BCUT2D eigenvalue weighted by molar-refractivity contribution is 9.10. The van der Waals surface area contributed by atoms with E-state index in [9.17, 15) is 4.39 Å². The van der Waals surface area contributed by atoms with Crippen molar-refractivity contribution in [2.75, 3.05) is 5.32 Å². The first-order valence-electron chi connectivity index (χ1n) is 6.68. The van der Waals surface area contributed by atoms with E-state index in [1.807, 2.05) is 0 Å². The Morgan fingerprint density at radius 3 is 2.20 bits per heavy atom. The average Bonchev–Trinajstić information content (AvgIpc) is 2.32. The first kappa shape index (κ1) is 15.0. The van der Waals surface area contributed by atoms with Crippen LogP contribution >= 0.6 is 15.9 Å². The molecular weight excluding hydrogens is 317 g/mol. The largest absolute Gasteiger partial charge is 0.378 e. The summed E-state index contributed by atoms with van der Waals surface area (Å²) in [7, 11) is 0. The molecule has 2 rings (SSSR count). The topological polar surface area (TPSA) is 12.0 Å². The molecule has 0 aliphatic heterocycles. The minimum absolute atomic E-state index is 0.174. The van der Waals surface area contributed by atoms with Crippen LogP contribution in [0.5, 0.6) is 0 Å². The Morgan fingerprint density at radius 2 is 1.65 bits per heavy atom. The van der Waals surface area contributed by atoms with Crippen LogP contribution in [0.15, 0.2) is 34.8 Å². The molecule has 1 N–H and O–H groups in total. The summed E-state index contributed by atoms with van der Waals surface area (Å²) in [6, 6.07) is 9.56. The third-order valence-corrected chi connectivity index (χ3v) is 4.08. The smallest absolute Gasteiger partial charge is 0.137 e. The van der Waals surface area contributed by atoms with Crippen molar-refractivity contribution >= 4 is 21.6 Å². The zero-order valence-electron chi connectivity index (χ0n) is 12.2. The SMILES string of the molecule is Cc1cc(C)c(C(C)Nc2ccc(F)c(Br)c2)c(C)c1. The lowest BCUT2D eigenvalue weighted by Crippen LogP contribution is -2.10.